The molecular formula is C12H16F3NO. The van der Waals surface area contributed by atoms with Crippen molar-refractivity contribution < 1.29 is 17.9 Å². The quantitative estimate of drug-likeness (QED) is 0.887. The van der Waals surface area contributed by atoms with Crippen LogP contribution < -0.4 is 10.5 Å². The monoisotopic (exact) mass is 247 g/mol. The van der Waals surface area contributed by atoms with Gasteiger partial charge in [-0.15, -0.1) is 0 Å². The molecule has 2 nitrogen and oxygen atoms in total. The number of nitrogens with two attached hydrogens (primary N) is 1. The molecule has 0 radical (unpaired) electrons. The average Bonchev–Trinajstić information content (AvgIpc) is 2.27. The van der Waals surface area contributed by atoms with Gasteiger partial charge in [0.25, 0.3) is 0 Å². The lowest BCUT2D eigenvalue weighted by atomic mass is 9.92. The van der Waals surface area contributed by atoms with E-state index in [1.54, 1.807) is 6.92 Å². The summed E-state index contributed by atoms with van der Waals surface area (Å²) in [5.41, 5.74) is 4.94. The van der Waals surface area contributed by atoms with Crippen LogP contribution in [0.4, 0.5) is 13.2 Å². The molecule has 0 saturated heterocycles. The molecule has 0 amide bonds. The van der Waals surface area contributed by atoms with Crippen LogP contribution in [0.3, 0.4) is 0 Å². The molecule has 0 aliphatic heterocycles. The van der Waals surface area contributed by atoms with Crippen molar-refractivity contribution in [1.82, 2.24) is 0 Å². The maximum atomic E-state index is 12.9. The van der Waals surface area contributed by atoms with Gasteiger partial charge in [-0.3, -0.25) is 0 Å². The van der Waals surface area contributed by atoms with Gasteiger partial charge in [-0.2, -0.15) is 13.2 Å². The van der Waals surface area contributed by atoms with E-state index >= 15 is 0 Å². The smallest absolute Gasteiger partial charge is 0.416 e. The minimum atomic E-state index is -4.37. The summed E-state index contributed by atoms with van der Waals surface area (Å²) in [6.07, 6.45) is -3.88. The molecule has 0 aromatic heterocycles. The average molecular weight is 247 g/mol. The lowest BCUT2D eigenvalue weighted by Crippen LogP contribution is -2.14. The van der Waals surface area contributed by atoms with Crippen LogP contribution in [0.25, 0.3) is 0 Å². The zero-order chi connectivity index (χ0) is 13.1. The Bertz CT molecular complexity index is 377. The Morgan fingerprint density at radius 1 is 1.35 bits per heavy atom. The second-order valence-corrected chi connectivity index (χ2v) is 3.90. The summed E-state index contributed by atoms with van der Waals surface area (Å²) in [5, 5.41) is 0. The standard InChI is InChI=1S/C12H16F3NO/c1-8(6-7-16)11-9(12(13,14)15)4-3-5-10(11)17-2/h3-5,8H,6-7,16H2,1-2H3. The van der Waals surface area contributed by atoms with Gasteiger partial charge < -0.3 is 10.5 Å². The third kappa shape index (κ3) is 3.12. The van der Waals surface area contributed by atoms with Crippen LogP contribution in [0.1, 0.15) is 30.4 Å². The maximum Gasteiger partial charge on any atom is 0.416 e. The van der Waals surface area contributed by atoms with E-state index in [0.29, 0.717) is 13.0 Å². The molecule has 1 aromatic rings. The van der Waals surface area contributed by atoms with Crippen LogP contribution >= 0.6 is 0 Å². The Kier molecular flexibility index (Phi) is 4.40. The molecule has 1 rings (SSSR count). The molecule has 0 heterocycles. The zero-order valence-corrected chi connectivity index (χ0v) is 9.84. The van der Waals surface area contributed by atoms with E-state index < -0.39 is 11.7 Å². The van der Waals surface area contributed by atoms with Crippen molar-refractivity contribution >= 4 is 0 Å². The fraction of sp³-hybridized carbons (Fsp3) is 0.500. The minimum Gasteiger partial charge on any atom is -0.496 e. The Balaban J connectivity index is 3.30. The van der Waals surface area contributed by atoms with Gasteiger partial charge in [-0.25, -0.2) is 0 Å². The van der Waals surface area contributed by atoms with Crippen LogP contribution in [-0.2, 0) is 6.18 Å². The molecule has 2 N–H and O–H groups in total. The number of rotatable bonds is 4. The van der Waals surface area contributed by atoms with Gasteiger partial charge in [0.05, 0.1) is 12.7 Å². The van der Waals surface area contributed by atoms with Crippen LogP contribution in [-0.4, -0.2) is 13.7 Å². The molecule has 0 bridgehead atoms. The highest BCUT2D eigenvalue weighted by Crippen LogP contribution is 2.40. The number of hydrogen-bond acceptors (Lipinski definition) is 2. The van der Waals surface area contributed by atoms with Crippen molar-refractivity contribution in [3.05, 3.63) is 29.3 Å². The lowest BCUT2D eigenvalue weighted by Gasteiger charge is -2.20. The largest absolute Gasteiger partial charge is 0.496 e. The van der Waals surface area contributed by atoms with Gasteiger partial charge in [0.1, 0.15) is 5.75 Å². The van der Waals surface area contributed by atoms with Crippen molar-refractivity contribution in [2.75, 3.05) is 13.7 Å². The van der Waals surface area contributed by atoms with Crippen LogP contribution in [0.2, 0.25) is 0 Å². The normalized spacial score (nSPS) is 13.5. The van der Waals surface area contributed by atoms with Crippen LogP contribution in [0.15, 0.2) is 18.2 Å². The van der Waals surface area contributed by atoms with Crippen LogP contribution in [0, 0.1) is 0 Å². The second kappa shape index (κ2) is 5.40. The number of methoxy groups -OCH3 is 1. The van der Waals surface area contributed by atoms with Gasteiger partial charge in [0, 0.05) is 5.56 Å². The molecule has 5 heteroatoms. The molecule has 0 aliphatic rings. The summed E-state index contributed by atoms with van der Waals surface area (Å²) >= 11 is 0. The Labute approximate surface area is 98.6 Å². The number of benzene rings is 1. The zero-order valence-electron chi connectivity index (χ0n) is 9.84. The minimum absolute atomic E-state index is 0.188. The van der Waals surface area contributed by atoms with Crippen molar-refractivity contribution in [3.8, 4) is 5.75 Å². The van der Waals surface area contributed by atoms with E-state index in [2.05, 4.69) is 0 Å². The molecule has 0 fully saturated rings. The van der Waals surface area contributed by atoms with Crippen molar-refractivity contribution in [3.63, 3.8) is 0 Å². The summed E-state index contributed by atoms with van der Waals surface area (Å²) in [7, 11) is 1.37. The summed E-state index contributed by atoms with van der Waals surface area (Å²) in [5.74, 6) is -0.0199. The van der Waals surface area contributed by atoms with E-state index in [1.165, 1.54) is 19.2 Å². The van der Waals surface area contributed by atoms with E-state index in [0.717, 1.165) is 6.07 Å². The number of halogens is 3. The summed E-state index contributed by atoms with van der Waals surface area (Å²) in [4.78, 5) is 0. The van der Waals surface area contributed by atoms with E-state index in [1.807, 2.05) is 0 Å². The third-order valence-electron chi connectivity index (χ3n) is 2.68. The van der Waals surface area contributed by atoms with Crippen molar-refractivity contribution in [1.29, 1.82) is 0 Å². The molecule has 0 spiro atoms. The maximum absolute atomic E-state index is 12.9. The molecule has 17 heavy (non-hydrogen) atoms. The molecule has 96 valence electrons. The summed E-state index contributed by atoms with van der Waals surface area (Å²) in [6.45, 7) is 2.07. The van der Waals surface area contributed by atoms with Gasteiger partial charge >= 0.3 is 6.18 Å². The highest BCUT2D eigenvalue weighted by atomic mass is 19.4. The fourth-order valence-electron chi connectivity index (χ4n) is 1.87. The Hall–Kier alpha value is -1.23. The van der Waals surface area contributed by atoms with E-state index in [9.17, 15) is 13.2 Å². The third-order valence-corrected chi connectivity index (χ3v) is 2.68. The first-order valence-corrected chi connectivity index (χ1v) is 5.36. The SMILES string of the molecule is COc1cccc(C(F)(F)F)c1C(C)CCN. The lowest BCUT2D eigenvalue weighted by molar-refractivity contribution is -0.138. The van der Waals surface area contributed by atoms with Crippen molar-refractivity contribution in [2.24, 2.45) is 5.73 Å². The molecular weight excluding hydrogens is 231 g/mol. The van der Waals surface area contributed by atoms with Crippen LogP contribution in [0.5, 0.6) is 5.75 Å². The van der Waals surface area contributed by atoms with Gasteiger partial charge in [0.2, 0.25) is 0 Å². The molecule has 0 saturated carbocycles. The molecule has 1 aromatic carbocycles. The van der Waals surface area contributed by atoms with Gasteiger partial charge in [-0.05, 0) is 31.0 Å². The first kappa shape index (κ1) is 13.8. The molecule has 1 unspecified atom stereocenters. The Morgan fingerprint density at radius 2 is 2.00 bits per heavy atom. The predicted molar refractivity (Wildman–Crippen MR) is 60.1 cm³/mol. The van der Waals surface area contributed by atoms with E-state index in [-0.39, 0.29) is 17.2 Å². The first-order chi connectivity index (χ1) is 7.91. The highest BCUT2D eigenvalue weighted by Gasteiger charge is 2.35. The first-order valence-electron chi connectivity index (χ1n) is 5.36. The topological polar surface area (TPSA) is 35.2 Å². The fourth-order valence-corrected chi connectivity index (χ4v) is 1.87. The molecule has 0 aliphatic carbocycles. The number of alkyl halides is 3. The summed E-state index contributed by atoms with van der Waals surface area (Å²) < 4.78 is 43.6. The van der Waals surface area contributed by atoms with E-state index in [4.69, 9.17) is 10.5 Å². The Morgan fingerprint density at radius 3 is 2.47 bits per heavy atom. The van der Waals surface area contributed by atoms with Gasteiger partial charge in [-0.1, -0.05) is 13.0 Å². The summed E-state index contributed by atoms with van der Waals surface area (Å²) in [6, 6.07) is 3.96. The second-order valence-electron chi connectivity index (χ2n) is 3.90. The highest BCUT2D eigenvalue weighted by molar-refractivity contribution is 5.44. The predicted octanol–water partition coefficient (Wildman–Crippen LogP) is 3.17. The molecule has 1 atom stereocenters. The number of hydrogen-bond donors (Lipinski definition) is 1. The van der Waals surface area contributed by atoms with Crippen molar-refractivity contribution in [2.45, 2.75) is 25.4 Å². The van der Waals surface area contributed by atoms with Gasteiger partial charge in [0.15, 0.2) is 0 Å². The number of ether oxygens (including phenoxy) is 1.